The van der Waals surface area contributed by atoms with Crippen molar-refractivity contribution in [3.63, 3.8) is 0 Å². The molecule has 0 radical (unpaired) electrons. The van der Waals surface area contributed by atoms with E-state index in [-0.39, 0.29) is 23.6 Å². The molecular formula is C20H17FN4O2. The van der Waals surface area contributed by atoms with E-state index in [4.69, 9.17) is 5.11 Å². The molecule has 1 aromatic heterocycles. The van der Waals surface area contributed by atoms with Gasteiger partial charge in [0.2, 0.25) is 0 Å². The van der Waals surface area contributed by atoms with Crippen LogP contribution in [0.5, 0.6) is 0 Å². The number of benzene rings is 2. The quantitative estimate of drug-likeness (QED) is 0.726. The molecule has 0 aliphatic heterocycles. The van der Waals surface area contributed by atoms with Crippen molar-refractivity contribution in [3.8, 4) is 17.3 Å². The van der Waals surface area contributed by atoms with Crippen LogP contribution in [0.3, 0.4) is 0 Å². The summed E-state index contributed by atoms with van der Waals surface area (Å²) in [7, 11) is 0. The standard InChI is InChI=1S/C20H17FN4O2/c1-2-25-20(27)19(23-16-8-6-13(12-26)7-9-16)17(11-22)18(24-25)14-4-3-5-15(21)10-14/h3-10,23,26H,2,12H2,1H3. The van der Waals surface area contributed by atoms with Gasteiger partial charge in [0.05, 0.1) is 6.61 Å². The summed E-state index contributed by atoms with van der Waals surface area (Å²) in [6, 6.07) is 14.6. The highest BCUT2D eigenvalue weighted by Gasteiger charge is 2.19. The lowest BCUT2D eigenvalue weighted by Crippen LogP contribution is -2.26. The smallest absolute Gasteiger partial charge is 0.291 e. The molecule has 3 rings (SSSR count). The van der Waals surface area contributed by atoms with Gasteiger partial charge in [-0.25, -0.2) is 9.07 Å². The minimum Gasteiger partial charge on any atom is -0.392 e. The van der Waals surface area contributed by atoms with Crippen LogP contribution in [0, 0.1) is 17.1 Å². The van der Waals surface area contributed by atoms with Crippen LogP contribution in [0.1, 0.15) is 18.1 Å². The van der Waals surface area contributed by atoms with E-state index in [0.29, 0.717) is 17.8 Å². The molecule has 0 aliphatic carbocycles. The van der Waals surface area contributed by atoms with Crippen molar-refractivity contribution in [2.45, 2.75) is 20.1 Å². The third-order valence-corrected chi connectivity index (χ3v) is 4.07. The first-order valence-corrected chi connectivity index (χ1v) is 8.35. The number of nitriles is 1. The highest BCUT2D eigenvalue weighted by molar-refractivity contribution is 5.76. The molecule has 7 heteroatoms. The van der Waals surface area contributed by atoms with Crippen LogP contribution in [-0.2, 0) is 13.2 Å². The SMILES string of the molecule is CCn1nc(-c2cccc(F)c2)c(C#N)c(Nc2ccc(CO)cc2)c1=O. The van der Waals surface area contributed by atoms with E-state index in [1.54, 1.807) is 37.3 Å². The number of nitrogens with zero attached hydrogens (tertiary/aromatic N) is 3. The Morgan fingerprint density at radius 2 is 2.00 bits per heavy atom. The Kier molecular flexibility index (Phi) is 5.29. The van der Waals surface area contributed by atoms with E-state index in [9.17, 15) is 14.4 Å². The van der Waals surface area contributed by atoms with Gasteiger partial charge in [0.25, 0.3) is 5.56 Å². The Bertz CT molecular complexity index is 1070. The van der Waals surface area contributed by atoms with Gasteiger partial charge in [-0.05, 0) is 36.8 Å². The van der Waals surface area contributed by atoms with Gasteiger partial charge >= 0.3 is 0 Å². The van der Waals surface area contributed by atoms with Crippen molar-refractivity contribution >= 4 is 11.4 Å². The zero-order chi connectivity index (χ0) is 19.4. The van der Waals surface area contributed by atoms with Crippen LogP contribution < -0.4 is 10.9 Å². The summed E-state index contributed by atoms with van der Waals surface area (Å²) < 4.78 is 14.9. The highest BCUT2D eigenvalue weighted by atomic mass is 19.1. The second-order valence-electron chi connectivity index (χ2n) is 5.82. The first-order valence-electron chi connectivity index (χ1n) is 8.35. The Morgan fingerprint density at radius 1 is 1.26 bits per heavy atom. The lowest BCUT2D eigenvalue weighted by atomic mass is 10.1. The number of aromatic nitrogens is 2. The monoisotopic (exact) mass is 364 g/mol. The average Bonchev–Trinajstić information content (AvgIpc) is 2.69. The van der Waals surface area contributed by atoms with Crippen LogP contribution in [0.15, 0.2) is 53.3 Å². The van der Waals surface area contributed by atoms with Crippen LogP contribution in [0.25, 0.3) is 11.3 Å². The maximum absolute atomic E-state index is 13.7. The van der Waals surface area contributed by atoms with Gasteiger partial charge in [0.1, 0.15) is 28.8 Å². The molecule has 27 heavy (non-hydrogen) atoms. The predicted molar refractivity (Wildman–Crippen MR) is 99.9 cm³/mol. The molecule has 0 aliphatic rings. The topological polar surface area (TPSA) is 90.9 Å². The Labute approximate surface area is 155 Å². The van der Waals surface area contributed by atoms with Gasteiger partial charge in [0, 0.05) is 17.8 Å². The number of aryl methyl sites for hydroxylation is 1. The lowest BCUT2D eigenvalue weighted by molar-refractivity contribution is 0.282. The molecule has 0 bridgehead atoms. The first kappa shape index (κ1) is 18.3. The van der Waals surface area contributed by atoms with Gasteiger partial charge < -0.3 is 10.4 Å². The zero-order valence-corrected chi connectivity index (χ0v) is 14.6. The molecule has 0 atom stereocenters. The minimum absolute atomic E-state index is 0.0431. The Morgan fingerprint density at radius 3 is 2.59 bits per heavy atom. The Balaban J connectivity index is 2.18. The molecule has 2 N–H and O–H groups in total. The fourth-order valence-electron chi connectivity index (χ4n) is 2.69. The van der Waals surface area contributed by atoms with Gasteiger partial charge in [-0.15, -0.1) is 0 Å². The van der Waals surface area contributed by atoms with Crippen LogP contribution in [0.4, 0.5) is 15.8 Å². The predicted octanol–water partition coefficient (Wildman–Crippen LogP) is 3.18. The molecule has 0 amide bonds. The molecule has 6 nitrogen and oxygen atoms in total. The van der Waals surface area contributed by atoms with Crippen molar-refractivity contribution in [1.82, 2.24) is 9.78 Å². The van der Waals surface area contributed by atoms with Crippen LogP contribution in [-0.4, -0.2) is 14.9 Å². The van der Waals surface area contributed by atoms with E-state index in [2.05, 4.69) is 10.4 Å². The molecule has 136 valence electrons. The average molecular weight is 364 g/mol. The highest BCUT2D eigenvalue weighted by Crippen LogP contribution is 2.27. The summed E-state index contributed by atoms with van der Waals surface area (Å²) in [5.41, 5.74) is 1.62. The third-order valence-electron chi connectivity index (χ3n) is 4.07. The maximum Gasteiger partial charge on any atom is 0.291 e. The fourth-order valence-corrected chi connectivity index (χ4v) is 2.69. The number of aliphatic hydroxyl groups is 1. The number of hydrogen-bond donors (Lipinski definition) is 2. The summed E-state index contributed by atoms with van der Waals surface area (Å²) in [5.74, 6) is -0.457. The molecule has 0 fully saturated rings. The van der Waals surface area contributed by atoms with E-state index < -0.39 is 11.4 Å². The van der Waals surface area contributed by atoms with Crippen LogP contribution >= 0.6 is 0 Å². The van der Waals surface area contributed by atoms with Crippen molar-refractivity contribution in [3.05, 3.63) is 75.8 Å². The second kappa shape index (κ2) is 7.81. The summed E-state index contributed by atoms with van der Waals surface area (Å²) in [4.78, 5) is 12.7. The van der Waals surface area contributed by atoms with E-state index >= 15 is 0 Å². The largest absolute Gasteiger partial charge is 0.392 e. The molecular weight excluding hydrogens is 347 g/mol. The van der Waals surface area contributed by atoms with E-state index in [1.165, 1.54) is 22.9 Å². The second-order valence-corrected chi connectivity index (χ2v) is 5.82. The molecule has 3 aromatic rings. The van der Waals surface area contributed by atoms with Crippen molar-refractivity contribution in [2.75, 3.05) is 5.32 Å². The summed E-state index contributed by atoms with van der Waals surface area (Å²) in [6.07, 6.45) is 0. The van der Waals surface area contributed by atoms with Gasteiger partial charge in [-0.2, -0.15) is 10.4 Å². The number of aliphatic hydroxyl groups excluding tert-OH is 1. The summed E-state index contributed by atoms with van der Waals surface area (Å²) in [6.45, 7) is 1.96. The molecule has 2 aromatic carbocycles. The zero-order valence-electron chi connectivity index (χ0n) is 14.6. The summed E-state index contributed by atoms with van der Waals surface area (Å²) in [5, 5.41) is 26.0. The minimum atomic E-state index is -0.457. The third kappa shape index (κ3) is 3.71. The van der Waals surface area contributed by atoms with Crippen molar-refractivity contribution in [2.24, 2.45) is 0 Å². The molecule has 0 spiro atoms. The van der Waals surface area contributed by atoms with Crippen LogP contribution in [0.2, 0.25) is 0 Å². The van der Waals surface area contributed by atoms with Gasteiger partial charge in [0.15, 0.2) is 0 Å². The normalized spacial score (nSPS) is 10.4. The van der Waals surface area contributed by atoms with Crippen molar-refractivity contribution in [1.29, 1.82) is 5.26 Å². The molecule has 0 saturated heterocycles. The van der Waals surface area contributed by atoms with Gasteiger partial charge in [-0.3, -0.25) is 4.79 Å². The maximum atomic E-state index is 13.7. The Hall–Kier alpha value is -3.50. The lowest BCUT2D eigenvalue weighted by Gasteiger charge is -2.14. The van der Waals surface area contributed by atoms with E-state index in [1.807, 2.05) is 6.07 Å². The number of rotatable bonds is 5. The fraction of sp³-hybridized carbons (Fsp3) is 0.150. The number of anilines is 2. The summed E-state index contributed by atoms with van der Waals surface area (Å²) >= 11 is 0. The molecule has 0 unspecified atom stereocenters. The molecule has 1 heterocycles. The van der Waals surface area contributed by atoms with E-state index in [0.717, 1.165) is 5.56 Å². The van der Waals surface area contributed by atoms with Crippen molar-refractivity contribution < 1.29 is 9.50 Å². The van der Waals surface area contributed by atoms with Gasteiger partial charge in [-0.1, -0.05) is 24.3 Å². The molecule has 0 saturated carbocycles. The first-order chi connectivity index (χ1) is 13.1. The number of nitrogens with one attached hydrogen (secondary N) is 1. The number of halogens is 1. The number of hydrogen-bond acceptors (Lipinski definition) is 5.